The summed E-state index contributed by atoms with van der Waals surface area (Å²) in [6.07, 6.45) is 6.53. The van der Waals surface area contributed by atoms with Crippen molar-refractivity contribution < 1.29 is 13.2 Å². The predicted octanol–water partition coefficient (Wildman–Crippen LogP) is 1.91. The Kier molecular flexibility index (Phi) is 5.52. The fourth-order valence-corrected chi connectivity index (χ4v) is 4.09. The van der Waals surface area contributed by atoms with E-state index in [2.05, 4.69) is 15.3 Å². The molecule has 0 atom stereocenters. The lowest BCUT2D eigenvalue weighted by Crippen LogP contribution is -2.32. The topological polar surface area (TPSA) is 87.5 Å². The summed E-state index contributed by atoms with van der Waals surface area (Å²) in [5.74, 6) is -0.348. The van der Waals surface area contributed by atoms with Gasteiger partial charge in [0.05, 0.1) is 22.3 Å². The van der Waals surface area contributed by atoms with E-state index in [0.717, 1.165) is 35.9 Å². The van der Waals surface area contributed by atoms with Crippen LogP contribution in [0.3, 0.4) is 0 Å². The quantitative estimate of drug-likeness (QED) is 0.841. The molecule has 0 spiro atoms. The lowest BCUT2D eigenvalue weighted by Gasteiger charge is -2.30. The van der Waals surface area contributed by atoms with E-state index in [-0.39, 0.29) is 10.8 Å². The number of carbonyl (C=O) groups excluding carboxylic acids is 1. The molecule has 3 rings (SSSR count). The first-order valence-corrected chi connectivity index (χ1v) is 10.3. The SMILES string of the molecule is CN(C)S(=O)(=O)c1ccc(N2CCCCC2)c(C(=O)Nc2cnn(C)c2)c1. The van der Waals surface area contributed by atoms with Crippen molar-refractivity contribution in [2.24, 2.45) is 7.05 Å². The molecule has 0 radical (unpaired) electrons. The molecule has 1 fully saturated rings. The minimum atomic E-state index is -3.63. The zero-order valence-corrected chi connectivity index (χ0v) is 16.7. The third-order valence-corrected chi connectivity index (χ3v) is 6.46. The number of piperidine rings is 1. The van der Waals surface area contributed by atoms with Crippen LogP contribution in [-0.2, 0) is 17.1 Å². The van der Waals surface area contributed by atoms with Crippen LogP contribution >= 0.6 is 0 Å². The van der Waals surface area contributed by atoms with Crippen molar-refractivity contribution in [3.8, 4) is 0 Å². The van der Waals surface area contributed by atoms with Crippen LogP contribution in [0.1, 0.15) is 29.6 Å². The number of benzene rings is 1. The summed E-state index contributed by atoms with van der Waals surface area (Å²) >= 11 is 0. The first-order valence-electron chi connectivity index (χ1n) is 8.90. The van der Waals surface area contributed by atoms with E-state index in [4.69, 9.17) is 0 Å². The lowest BCUT2D eigenvalue weighted by atomic mass is 10.1. The first-order chi connectivity index (χ1) is 12.8. The molecule has 2 aromatic rings. The van der Waals surface area contributed by atoms with Gasteiger partial charge in [-0.25, -0.2) is 12.7 Å². The van der Waals surface area contributed by atoms with E-state index in [1.807, 2.05) is 0 Å². The highest BCUT2D eigenvalue weighted by atomic mass is 32.2. The second kappa shape index (κ2) is 7.69. The molecule has 1 amide bonds. The lowest BCUT2D eigenvalue weighted by molar-refractivity contribution is 0.102. The van der Waals surface area contributed by atoms with Gasteiger partial charge in [0.25, 0.3) is 5.91 Å². The Morgan fingerprint density at radius 3 is 2.48 bits per heavy atom. The van der Waals surface area contributed by atoms with Gasteiger partial charge < -0.3 is 10.2 Å². The Hall–Kier alpha value is -2.39. The van der Waals surface area contributed by atoms with Crippen LogP contribution in [0.25, 0.3) is 0 Å². The number of hydrogen-bond acceptors (Lipinski definition) is 5. The first kappa shape index (κ1) is 19.4. The van der Waals surface area contributed by atoms with Crippen LogP contribution in [0.15, 0.2) is 35.5 Å². The van der Waals surface area contributed by atoms with Crippen molar-refractivity contribution in [2.45, 2.75) is 24.2 Å². The number of carbonyl (C=O) groups is 1. The highest BCUT2D eigenvalue weighted by Gasteiger charge is 2.24. The van der Waals surface area contributed by atoms with Crippen LogP contribution < -0.4 is 10.2 Å². The van der Waals surface area contributed by atoms with E-state index < -0.39 is 10.0 Å². The van der Waals surface area contributed by atoms with Crippen LogP contribution in [0, 0.1) is 0 Å². The second-order valence-corrected chi connectivity index (χ2v) is 9.02. The van der Waals surface area contributed by atoms with E-state index in [0.29, 0.717) is 11.3 Å². The molecule has 2 heterocycles. The van der Waals surface area contributed by atoms with E-state index in [9.17, 15) is 13.2 Å². The Morgan fingerprint density at radius 1 is 1.19 bits per heavy atom. The molecular formula is C18H25N5O3S. The standard InChI is InChI=1S/C18H25N5O3S/c1-21(2)27(25,26)15-7-8-17(23-9-5-4-6-10-23)16(11-15)18(24)20-14-12-19-22(3)13-14/h7-8,11-13H,4-6,9-10H2,1-3H3,(H,20,24). The number of anilines is 2. The van der Waals surface area contributed by atoms with Gasteiger partial charge in [-0.3, -0.25) is 9.48 Å². The molecule has 9 heteroatoms. The molecule has 0 bridgehead atoms. The summed E-state index contributed by atoms with van der Waals surface area (Å²) in [5.41, 5.74) is 1.67. The van der Waals surface area contributed by atoms with Gasteiger partial charge in [0.2, 0.25) is 10.0 Å². The van der Waals surface area contributed by atoms with Crippen molar-refractivity contribution in [1.82, 2.24) is 14.1 Å². The van der Waals surface area contributed by atoms with Crippen molar-refractivity contribution >= 4 is 27.3 Å². The van der Waals surface area contributed by atoms with Gasteiger partial charge in [-0.1, -0.05) is 0 Å². The Bertz CT molecular complexity index is 930. The van der Waals surface area contributed by atoms with Crippen LogP contribution in [-0.4, -0.2) is 55.6 Å². The van der Waals surface area contributed by atoms with Gasteiger partial charge >= 0.3 is 0 Å². The number of aryl methyl sites for hydroxylation is 1. The van der Waals surface area contributed by atoms with Gasteiger partial charge in [0.15, 0.2) is 0 Å². The molecule has 1 aromatic carbocycles. The van der Waals surface area contributed by atoms with Crippen molar-refractivity contribution in [3.05, 3.63) is 36.2 Å². The molecule has 27 heavy (non-hydrogen) atoms. The number of aromatic nitrogens is 2. The third kappa shape index (κ3) is 4.14. The molecule has 0 saturated carbocycles. The number of nitrogens with zero attached hydrogens (tertiary/aromatic N) is 4. The maximum atomic E-state index is 13.0. The van der Waals surface area contributed by atoms with Gasteiger partial charge in [0.1, 0.15) is 0 Å². The van der Waals surface area contributed by atoms with E-state index >= 15 is 0 Å². The smallest absolute Gasteiger partial charge is 0.257 e. The van der Waals surface area contributed by atoms with Crippen LogP contribution in [0.4, 0.5) is 11.4 Å². The summed E-state index contributed by atoms with van der Waals surface area (Å²) in [4.78, 5) is 15.2. The van der Waals surface area contributed by atoms with Crippen molar-refractivity contribution in [3.63, 3.8) is 0 Å². The van der Waals surface area contributed by atoms with E-state index in [1.54, 1.807) is 36.3 Å². The molecule has 1 aromatic heterocycles. The molecular weight excluding hydrogens is 366 g/mol. The largest absolute Gasteiger partial charge is 0.371 e. The van der Waals surface area contributed by atoms with E-state index in [1.165, 1.54) is 26.6 Å². The van der Waals surface area contributed by atoms with Crippen molar-refractivity contribution in [2.75, 3.05) is 37.4 Å². The Morgan fingerprint density at radius 2 is 1.89 bits per heavy atom. The maximum absolute atomic E-state index is 13.0. The second-order valence-electron chi connectivity index (χ2n) is 6.87. The van der Waals surface area contributed by atoms with Crippen molar-refractivity contribution in [1.29, 1.82) is 0 Å². The predicted molar refractivity (Wildman–Crippen MR) is 105 cm³/mol. The number of hydrogen-bond donors (Lipinski definition) is 1. The van der Waals surface area contributed by atoms with Gasteiger partial charge in [-0.2, -0.15) is 5.10 Å². The zero-order chi connectivity index (χ0) is 19.6. The highest BCUT2D eigenvalue weighted by Crippen LogP contribution is 2.28. The highest BCUT2D eigenvalue weighted by molar-refractivity contribution is 7.89. The average Bonchev–Trinajstić information content (AvgIpc) is 3.06. The van der Waals surface area contributed by atoms with Gasteiger partial charge in [0, 0.05) is 46.1 Å². The molecule has 0 aliphatic carbocycles. The summed E-state index contributed by atoms with van der Waals surface area (Å²) in [7, 11) is 1.08. The van der Waals surface area contributed by atoms with Gasteiger partial charge in [-0.15, -0.1) is 0 Å². The fourth-order valence-electron chi connectivity index (χ4n) is 3.16. The third-order valence-electron chi connectivity index (χ3n) is 4.65. The molecule has 1 saturated heterocycles. The fraction of sp³-hybridized carbons (Fsp3) is 0.444. The number of sulfonamides is 1. The number of nitrogens with one attached hydrogen (secondary N) is 1. The van der Waals surface area contributed by atoms with Gasteiger partial charge in [-0.05, 0) is 37.5 Å². The van der Waals surface area contributed by atoms with Crippen LogP contribution in [0.5, 0.6) is 0 Å². The summed E-state index contributed by atoms with van der Waals surface area (Å²) in [6, 6.07) is 4.77. The minimum Gasteiger partial charge on any atom is -0.371 e. The number of rotatable bonds is 5. The molecule has 8 nitrogen and oxygen atoms in total. The number of amides is 1. The Balaban J connectivity index is 2.01. The molecule has 0 unspecified atom stereocenters. The minimum absolute atomic E-state index is 0.101. The molecule has 1 aliphatic heterocycles. The molecule has 1 aliphatic rings. The summed E-state index contributed by atoms with van der Waals surface area (Å²) in [6.45, 7) is 1.71. The molecule has 1 N–H and O–H groups in total. The van der Waals surface area contributed by atoms with Crippen LogP contribution in [0.2, 0.25) is 0 Å². The normalized spacial score (nSPS) is 15.2. The summed E-state index contributed by atoms with van der Waals surface area (Å²) in [5, 5.41) is 6.85. The maximum Gasteiger partial charge on any atom is 0.257 e. The summed E-state index contributed by atoms with van der Waals surface area (Å²) < 4.78 is 27.8. The zero-order valence-electron chi connectivity index (χ0n) is 15.8. The molecule has 146 valence electrons. The monoisotopic (exact) mass is 391 g/mol. The average molecular weight is 391 g/mol. The Labute approximate surface area is 159 Å².